The standard InChI is InChI=1S/C23H25N3O2/c1-18-8-5-13-25-17-21(24-22(18)25)23(27)26(16-20-12-7-15-28-20)14-6-11-19-9-3-2-4-10-19/h2-6,8-11,13,17,20H,7,12,14-16H2,1H3/b11-6+. The lowest BCUT2D eigenvalue weighted by atomic mass is 10.2. The summed E-state index contributed by atoms with van der Waals surface area (Å²) in [6.45, 7) is 3.90. The first-order valence-electron chi connectivity index (χ1n) is 9.77. The van der Waals surface area contributed by atoms with Gasteiger partial charge in [0, 0.05) is 32.1 Å². The molecule has 0 spiro atoms. The van der Waals surface area contributed by atoms with Gasteiger partial charge in [-0.1, -0.05) is 48.6 Å². The highest BCUT2D eigenvalue weighted by molar-refractivity contribution is 5.93. The van der Waals surface area contributed by atoms with Crippen molar-refractivity contribution in [1.82, 2.24) is 14.3 Å². The highest BCUT2D eigenvalue weighted by Gasteiger charge is 2.24. The maximum absolute atomic E-state index is 13.2. The minimum atomic E-state index is -0.0590. The SMILES string of the molecule is Cc1cccn2cc(C(=O)N(C/C=C/c3ccccc3)CC3CCCO3)nc12. The van der Waals surface area contributed by atoms with Crippen molar-refractivity contribution in [2.24, 2.45) is 0 Å². The number of rotatable bonds is 6. The Bertz CT molecular complexity index is 972. The van der Waals surface area contributed by atoms with Crippen molar-refractivity contribution < 1.29 is 9.53 Å². The topological polar surface area (TPSA) is 46.8 Å². The summed E-state index contributed by atoms with van der Waals surface area (Å²) in [6, 6.07) is 14.1. The van der Waals surface area contributed by atoms with Crippen LogP contribution in [0.25, 0.3) is 11.7 Å². The maximum atomic E-state index is 13.2. The van der Waals surface area contributed by atoms with Gasteiger partial charge in [-0.05, 0) is 37.0 Å². The summed E-state index contributed by atoms with van der Waals surface area (Å²) in [4.78, 5) is 19.6. The number of aryl methyl sites for hydroxylation is 1. The Hall–Kier alpha value is -2.92. The van der Waals surface area contributed by atoms with Crippen LogP contribution < -0.4 is 0 Å². The van der Waals surface area contributed by atoms with E-state index in [-0.39, 0.29) is 12.0 Å². The van der Waals surface area contributed by atoms with E-state index in [1.807, 2.05) is 83.2 Å². The molecular weight excluding hydrogens is 350 g/mol. The van der Waals surface area contributed by atoms with Crippen molar-refractivity contribution in [2.75, 3.05) is 19.7 Å². The molecule has 3 aromatic rings. The van der Waals surface area contributed by atoms with Crippen LogP contribution in [0.4, 0.5) is 0 Å². The molecule has 0 saturated carbocycles. The zero-order valence-electron chi connectivity index (χ0n) is 16.1. The third-order valence-electron chi connectivity index (χ3n) is 5.07. The number of hydrogen-bond donors (Lipinski definition) is 0. The van der Waals surface area contributed by atoms with Crippen LogP contribution in [0, 0.1) is 6.92 Å². The van der Waals surface area contributed by atoms with E-state index in [9.17, 15) is 4.79 Å². The highest BCUT2D eigenvalue weighted by Crippen LogP contribution is 2.16. The Labute approximate surface area is 165 Å². The summed E-state index contributed by atoms with van der Waals surface area (Å²) in [5.74, 6) is -0.0590. The van der Waals surface area contributed by atoms with Crippen LogP contribution in [0.2, 0.25) is 0 Å². The largest absolute Gasteiger partial charge is 0.376 e. The smallest absolute Gasteiger partial charge is 0.274 e. The number of nitrogens with zero attached hydrogens (tertiary/aromatic N) is 3. The lowest BCUT2D eigenvalue weighted by molar-refractivity contribution is 0.0550. The third-order valence-corrected chi connectivity index (χ3v) is 5.07. The fraction of sp³-hybridized carbons (Fsp3) is 0.304. The van der Waals surface area contributed by atoms with Gasteiger partial charge in [0.2, 0.25) is 0 Å². The molecule has 5 nitrogen and oxygen atoms in total. The first-order valence-corrected chi connectivity index (χ1v) is 9.77. The number of benzene rings is 1. The number of hydrogen-bond acceptors (Lipinski definition) is 3. The summed E-state index contributed by atoms with van der Waals surface area (Å²) >= 11 is 0. The molecule has 0 bridgehead atoms. The fourth-order valence-corrected chi connectivity index (χ4v) is 3.57. The van der Waals surface area contributed by atoms with Gasteiger partial charge in [-0.15, -0.1) is 0 Å². The highest BCUT2D eigenvalue weighted by atomic mass is 16.5. The van der Waals surface area contributed by atoms with Gasteiger partial charge in [0.05, 0.1) is 6.10 Å². The molecule has 1 aliphatic rings. The quantitative estimate of drug-likeness (QED) is 0.655. The van der Waals surface area contributed by atoms with Gasteiger partial charge >= 0.3 is 0 Å². The maximum Gasteiger partial charge on any atom is 0.274 e. The average Bonchev–Trinajstić information content (AvgIpc) is 3.38. The molecule has 1 aliphatic heterocycles. The van der Waals surface area contributed by atoms with Crippen LogP contribution in [-0.4, -0.2) is 46.0 Å². The van der Waals surface area contributed by atoms with Crippen LogP contribution in [0.15, 0.2) is 60.9 Å². The molecule has 0 radical (unpaired) electrons. The van der Waals surface area contributed by atoms with Crippen LogP contribution >= 0.6 is 0 Å². The molecule has 1 atom stereocenters. The minimum absolute atomic E-state index is 0.0590. The monoisotopic (exact) mass is 375 g/mol. The summed E-state index contributed by atoms with van der Waals surface area (Å²) in [5, 5.41) is 0. The van der Waals surface area contributed by atoms with Crippen LogP contribution in [-0.2, 0) is 4.74 Å². The Kier molecular flexibility index (Phi) is 5.53. The van der Waals surface area contributed by atoms with Gasteiger partial charge in [-0.3, -0.25) is 4.79 Å². The Morgan fingerprint density at radius 2 is 2.14 bits per heavy atom. The van der Waals surface area contributed by atoms with Gasteiger partial charge in [-0.25, -0.2) is 4.98 Å². The molecule has 1 amide bonds. The summed E-state index contributed by atoms with van der Waals surface area (Å²) in [6.07, 6.45) is 9.97. The lowest BCUT2D eigenvalue weighted by Crippen LogP contribution is -2.37. The number of fused-ring (bicyclic) bond motifs is 1. The van der Waals surface area contributed by atoms with E-state index in [0.29, 0.717) is 18.8 Å². The number of pyridine rings is 1. The zero-order chi connectivity index (χ0) is 19.3. The molecule has 5 heteroatoms. The van der Waals surface area contributed by atoms with Crippen molar-refractivity contribution in [3.05, 3.63) is 77.8 Å². The van der Waals surface area contributed by atoms with Crippen molar-refractivity contribution in [2.45, 2.75) is 25.9 Å². The second-order valence-electron chi connectivity index (χ2n) is 7.21. The van der Waals surface area contributed by atoms with Crippen molar-refractivity contribution in [3.63, 3.8) is 0 Å². The second kappa shape index (κ2) is 8.40. The average molecular weight is 375 g/mol. The van der Waals surface area contributed by atoms with E-state index in [1.54, 1.807) is 0 Å². The summed E-state index contributed by atoms with van der Waals surface area (Å²) in [5.41, 5.74) is 3.47. The zero-order valence-corrected chi connectivity index (χ0v) is 16.1. The van der Waals surface area contributed by atoms with Gasteiger partial charge < -0.3 is 14.0 Å². The molecule has 1 aromatic carbocycles. The first kappa shape index (κ1) is 18.4. The molecule has 4 rings (SSSR count). The Morgan fingerprint density at radius 3 is 2.89 bits per heavy atom. The summed E-state index contributed by atoms with van der Waals surface area (Å²) in [7, 11) is 0. The van der Waals surface area contributed by atoms with Gasteiger partial charge in [0.1, 0.15) is 11.3 Å². The predicted octanol–water partition coefficient (Wildman–Crippen LogP) is 3.98. The molecule has 3 heterocycles. The molecule has 1 fully saturated rings. The number of carbonyl (C=O) groups is 1. The molecule has 28 heavy (non-hydrogen) atoms. The van der Waals surface area contributed by atoms with E-state index >= 15 is 0 Å². The molecular formula is C23H25N3O2. The van der Waals surface area contributed by atoms with Crippen LogP contribution in [0.1, 0.15) is 34.5 Å². The normalized spacial score (nSPS) is 16.8. The Morgan fingerprint density at radius 1 is 1.29 bits per heavy atom. The number of amides is 1. The number of ether oxygens (including phenoxy) is 1. The fourth-order valence-electron chi connectivity index (χ4n) is 3.57. The number of aromatic nitrogens is 2. The van der Waals surface area contributed by atoms with Crippen LogP contribution in [0.3, 0.4) is 0 Å². The van der Waals surface area contributed by atoms with Crippen LogP contribution in [0.5, 0.6) is 0 Å². The van der Waals surface area contributed by atoms with E-state index in [4.69, 9.17) is 4.74 Å². The minimum Gasteiger partial charge on any atom is -0.376 e. The number of imidazole rings is 1. The Balaban J connectivity index is 1.55. The molecule has 144 valence electrons. The van der Waals surface area contributed by atoms with Gasteiger partial charge in [-0.2, -0.15) is 0 Å². The molecule has 1 unspecified atom stereocenters. The predicted molar refractivity (Wildman–Crippen MR) is 110 cm³/mol. The van der Waals surface area contributed by atoms with E-state index < -0.39 is 0 Å². The van der Waals surface area contributed by atoms with Crippen molar-refractivity contribution in [3.8, 4) is 0 Å². The van der Waals surface area contributed by atoms with Crippen molar-refractivity contribution >= 4 is 17.6 Å². The van der Waals surface area contributed by atoms with E-state index in [0.717, 1.165) is 36.2 Å². The number of carbonyl (C=O) groups excluding carboxylic acids is 1. The second-order valence-corrected chi connectivity index (χ2v) is 7.21. The lowest BCUT2D eigenvalue weighted by Gasteiger charge is -2.23. The summed E-state index contributed by atoms with van der Waals surface area (Å²) < 4.78 is 7.68. The molecule has 2 aromatic heterocycles. The van der Waals surface area contributed by atoms with Crippen molar-refractivity contribution in [1.29, 1.82) is 0 Å². The van der Waals surface area contributed by atoms with Gasteiger partial charge in [0.15, 0.2) is 0 Å². The molecule has 0 aliphatic carbocycles. The molecule has 1 saturated heterocycles. The van der Waals surface area contributed by atoms with E-state index in [1.165, 1.54) is 0 Å². The molecule has 0 N–H and O–H groups in total. The van der Waals surface area contributed by atoms with E-state index in [2.05, 4.69) is 4.98 Å². The first-order chi connectivity index (χ1) is 13.7. The third kappa shape index (κ3) is 4.15. The van der Waals surface area contributed by atoms with Gasteiger partial charge in [0.25, 0.3) is 5.91 Å².